The normalized spacial score (nSPS) is 21.4. The monoisotopic (exact) mass is 166 g/mol. The van der Waals surface area contributed by atoms with E-state index in [0.717, 1.165) is 0 Å². The predicted octanol–water partition coefficient (Wildman–Crippen LogP) is 1.10. The molecule has 1 rings (SSSR count). The molecule has 0 atom stereocenters. The minimum atomic E-state index is -4.68. The fourth-order valence-electron chi connectivity index (χ4n) is 1.08. The van der Waals surface area contributed by atoms with Gasteiger partial charge < -0.3 is 0 Å². The Morgan fingerprint density at radius 3 is 1.64 bits per heavy atom. The summed E-state index contributed by atoms with van der Waals surface area (Å²) in [5.74, 6) is -4.33. The van der Waals surface area contributed by atoms with Crippen LogP contribution in [0.5, 0.6) is 0 Å². The zero-order valence-corrected chi connectivity index (χ0v) is 5.44. The van der Waals surface area contributed by atoms with Gasteiger partial charge in [-0.2, -0.15) is 13.2 Å². The lowest BCUT2D eigenvalue weighted by molar-refractivity contribution is -0.180. The fourth-order valence-corrected chi connectivity index (χ4v) is 1.08. The van der Waals surface area contributed by atoms with Crippen LogP contribution < -0.4 is 0 Å². The van der Waals surface area contributed by atoms with E-state index in [-0.39, 0.29) is 12.8 Å². The van der Waals surface area contributed by atoms with E-state index in [9.17, 15) is 22.8 Å². The van der Waals surface area contributed by atoms with Crippen molar-refractivity contribution in [2.75, 3.05) is 0 Å². The van der Waals surface area contributed by atoms with E-state index in [1.54, 1.807) is 0 Å². The minimum Gasteiger partial charge on any atom is -0.299 e. The molecule has 0 bridgehead atoms. The maximum Gasteiger partial charge on any atom is 0.405 e. The van der Waals surface area contributed by atoms with Gasteiger partial charge in [0.05, 0.1) is 0 Å². The Bertz CT molecular complexity index is 190. The molecule has 0 aromatic carbocycles. The Kier molecular flexibility index (Phi) is 1.74. The SMILES string of the molecule is O=C1CCC(=O)C1C(F)(F)F. The van der Waals surface area contributed by atoms with Gasteiger partial charge in [-0.1, -0.05) is 0 Å². The van der Waals surface area contributed by atoms with Crippen LogP contribution in [0.3, 0.4) is 0 Å². The first-order valence-electron chi connectivity index (χ1n) is 3.05. The topological polar surface area (TPSA) is 34.1 Å². The molecule has 0 radical (unpaired) electrons. The van der Waals surface area contributed by atoms with Crippen molar-refractivity contribution >= 4 is 11.6 Å². The second-order valence-corrected chi connectivity index (χ2v) is 2.41. The van der Waals surface area contributed by atoms with Crippen molar-refractivity contribution in [2.24, 2.45) is 5.92 Å². The lowest BCUT2D eigenvalue weighted by Crippen LogP contribution is -2.31. The number of alkyl halides is 3. The average Bonchev–Trinajstić information content (AvgIpc) is 2.08. The zero-order chi connectivity index (χ0) is 8.65. The van der Waals surface area contributed by atoms with Gasteiger partial charge in [-0.3, -0.25) is 9.59 Å². The molecule has 0 unspecified atom stereocenters. The lowest BCUT2D eigenvalue weighted by Gasteiger charge is -2.10. The number of rotatable bonds is 0. The van der Waals surface area contributed by atoms with Crippen molar-refractivity contribution in [1.29, 1.82) is 0 Å². The molecule has 1 aliphatic carbocycles. The Morgan fingerprint density at radius 1 is 1.09 bits per heavy atom. The number of carbonyl (C=O) groups is 2. The summed E-state index contributed by atoms with van der Waals surface area (Å²) >= 11 is 0. The summed E-state index contributed by atoms with van der Waals surface area (Å²) in [6.45, 7) is 0. The first-order valence-corrected chi connectivity index (χ1v) is 3.05. The van der Waals surface area contributed by atoms with Crippen LogP contribution in [0.4, 0.5) is 13.2 Å². The Hall–Kier alpha value is -0.870. The molecular weight excluding hydrogens is 161 g/mol. The van der Waals surface area contributed by atoms with Gasteiger partial charge in [0.25, 0.3) is 0 Å². The molecule has 0 amide bonds. The number of ketones is 2. The fraction of sp³-hybridized carbons (Fsp3) is 0.667. The summed E-state index contributed by atoms with van der Waals surface area (Å²) < 4.78 is 35.5. The highest BCUT2D eigenvalue weighted by atomic mass is 19.4. The first kappa shape index (κ1) is 8.23. The zero-order valence-electron chi connectivity index (χ0n) is 5.44. The summed E-state index contributed by atoms with van der Waals surface area (Å²) in [7, 11) is 0. The van der Waals surface area contributed by atoms with Gasteiger partial charge in [0.15, 0.2) is 17.5 Å². The van der Waals surface area contributed by atoms with E-state index in [1.807, 2.05) is 0 Å². The molecule has 1 saturated carbocycles. The summed E-state index contributed by atoms with van der Waals surface area (Å²) in [6.07, 6.45) is -5.20. The summed E-state index contributed by atoms with van der Waals surface area (Å²) in [6, 6.07) is 0. The quantitative estimate of drug-likeness (QED) is 0.505. The van der Waals surface area contributed by atoms with E-state index < -0.39 is 23.7 Å². The van der Waals surface area contributed by atoms with E-state index in [0.29, 0.717) is 0 Å². The standard InChI is InChI=1S/C6H5F3O2/c7-6(8,9)5-3(10)1-2-4(5)11/h5H,1-2H2. The second-order valence-electron chi connectivity index (χ2n) is 2.41. The highest BCUT2D eigenvalue weighted by Crippen LogP contribution is 2.33. The van der Waals surface area contributed by atoms with Crippen molar-refractivity contribution < 1.29 is 22.8 Å². The van der Waals surface area contributed by atoms with Crippen molar-refractivity contribution in [1.82, 2.24) is 0 Å². The molecule has 62 valence electrons. The molecule has 1 aliphatic rings. The highest BCUT2D eigenvalue weighted by molar-refractivity contribution is 6.09. The summed E-state index contributed by atoms with van der Waals surface area (Å²) in [5.41, 5.74) is 0. The highest BCUT2D eigenvalue weighted by Gasteiger charge is 2.52. The number of hydrogen-bond acceptors (Lipinski definition) is 2. The van der Waals surface area contributed by atoms with Gasteiger partial charge in [0, 0.05) is 12.8 Å². The predicted molar refractivity (Wildman–Crippen MR) is 28.8 cm³/mol. The Labute approximate surface area is 60.4 Å². The molecular formula is C6H5F3O2. The Morgan fingerprint density at radius 2 is 1.45 bits per heavy atom. The lowest BCUT2D eigenvalue weighted by atomic mass is 10.1. The van der Waals surface area contributed by atoms with Gasteiger partial charge in [-0.05, 0) is 0 Å². The van der Waals surface area contributed by atoms with Gasteiger partial charge in [-0.15, -0.1) is 0 Å². The third-order valence-electron chi connectivity index (χ3n) is 1.59. The molecule has 1 fully saturated rings. The maximum atomic E-state index is 11.8. The van der Waals surface area contributed by atoms with Crippen LogP contribution in [0.15, 0.2) is 0 Å². The van der Waals surface area contributed by atoms with Gasteiger partial charge in [0.1, 0.15) is 0 Å². The summed E-state index contributed by atoms with van der Waals surface area (Å²) in [5, 5.41) is 0. The van der Waals surface area contributed by atoms with E-state index in [2.05, 4.69) is 0 Å². The largest absolute Gasteiger partial charge is 0.405 e. The maximum absolute atomic E-state index is 11.8. The molecule has 0 aromatic heterocycles. The number of Topliss-reactive ketones (excluding diaryl/α,β-unsaturated/α-hetero) is 2. The van der Waals surface area contributed by atoms with Gasteiger partial charge >= 0.3 is 6.18 Å². The third-order valence-corrected chi connectivity index (χ3v) is 1.59. The van der Waals surface area contributed by atoms with Crippen LogP contribution in [-0.4, -0.2) is 17.7 Å². The molecule has 0 heterocycles. The van der Waals surface area contributed by atoms with Crippen LogP contribution in [0.2, 0.25) is 0 Å². The number of carbonyl (C=O) groups excluding carboxylic acids is 2. The number of hydrogen-bond donors (Lipinski definition) is 0. The van der Waals surface area contributed by atoms with Crippen LogP contribution in [0, 0.1) is 5.92 Å². The minimum absolute atomic E-state index is 0.261. The molecule has 0 N–H and O–H groups in total. The van der Waals surface area contributed by atoms with E-state index >= 15 is 0 Å². The molecule has 0 saturated heterocycles. The number of halogens is 3. The van der Waals surface area contributed by atoms with Crippen molar-refractivity contribution in [3.8, 4) is 0 Å². The molecule has 0 aliphatic heterocycles. The molecule has 0 aromatic rings. The average molecular weight is 166 g/mol. The second kappa shape index (κ2) is 2.32. The summed E-state index contributed by atoms with van der Waals surface area (Å²) in [4.78, 5) is 21.0. The van der Waals surface area contributed by atoms with Crippen molar-refractivity contribution in [3.05, 3.63) is 0 Å². The van der Waals surface area contributed by atoms with Crippen LogP contribution in [0.25, 0.3) is 0 Å². The molecule has 5 heteroatoms. The molecule has 11 heavy (non-hydrogen) atoms. The van der Waals surface area contributed by atoms with Crippen LogP contribution in [0.1, 0.15) is 12.8 Å². The Balaban J connectivity index is 2.85. The van der Waals surface area contributed by atoms with Crippen molar-refractivity contribution in [2.45, 2.75) is 19.0 Å². The van der Waals surface area contributed by atoms with Crippen LogP contribution >= 0.6 is 0 Å². The van der Waals surface area contributed by atoms with Crippen LogP contribution in [-0.2, 0) is 9.59 Å². The third kappa shape index (κ3) is 1.41. The van der Waals surface area contributed by atoms with Gasteiger partial charge in [0.2, 0.25) is 0 Å². The van der Waals surface area contributed by atoms with E-state index in [4.69, 9.17) is 0 Å². The van der Waals surface area contributed by atoms with E-state index in [1.165, 1.54) is 0 Å². The molecule has 2 nitrogen and oxygen atoms in total. The van der Waals surface area contributed by atoms with Gasteiger partial charge in [-0.25, -0.2) is 0 Å². The molecule has 0 spiro atoms. The first-order chi connectivity index (χ1) is 4.93. The smallest absolute Gasteiger partial charge is 0.299 e. The van der Waals surface area contributed by atoms with Crippen molar-refractivity contribution in [3.63, 3.8) is 0 Å².